The lowest BCUT2D eigenvalue weighted by Crippen LogP contribution is -2.22. The quantitative estimate of drug-likeness (QED) is 0.673. The maximum atomic E-state index is 12.0. The third-order valence-corrected chi connectivity index (χ3v) is 3.93. The van der Waals surface area contributed by atoms with Crippen molar-refractivity contribution in [2.75, 3.05) is 0 Å². The normalized spacial score (nSPS) is 11.6. The predicted octanol–water partition coefficient (Wildman–Crippen LogP) is -0.674. The highest BCUT2D eigenvalue weighted by molar-refractivity contribution is 7.89. The number of aryl methyl sites for hydroxylation is 1. The first-order chi connectivity index (χ1) is 8.90. The number of nitrogens with two attached hydrogens (primary N) is 1. The van der Waals surface area contributed by atoms with Crippen LogP contribution in [0.5, 0.6) is 0 Å². The van der Waals surface area contributed by atoms with Crippen LogP contribution in [0.3, 0.4) is 0 Å². The van der Waals surface area contributed by atoms with Crippen molar-refractivity contribution < 1.29 is 13.2 Å². The fourth-order valence-corrected chi connectivity index (χ4v) is 2.65. The van der Waals surface area contributed by atoms with Crippen molar-refractivity contribution in [1.29, 1.82) is 0 Å². The number of hydrogen-bond acceptors (Lipinski definition) is 4. The van der Waals surface area contributed by atoms with E-state index in [2.05, 4.69) is 14.9 Å². The number of H-pyrrole nitrogens is 1. The molecule has 8 nitrogen and oxygen atoms in total. The fourth-order valence-electron chi connectivity index (χ4n) is 1.56. The SMILES string of the molecule is Cn1cc(S(=O)(=O)NCc2cn[nH]c2)cc1C(N)=O. The van der Waals surface area contributed by atoms with E-state index in [1.165, 1.54) is 23.0 Å². The Morgan fingerprint density at radius 3 is 2.84 bits per heavy atom. The molecule has 0 aliphatic rings. The minimum Gasteiger partial charge on any atom is -0.364 e. The zero-order chi connectivity index (χ0) is 14.0. The largest absolute Gasteiger partial charge is 0.364 e. The van der Waals surface area contributed by atoms with Crippen LogP contribution in [0, 0.1) is 0 Å². The van der Waals surface area contributed by atoms with Crippen LogP contribution in [0.15, 0.2) is 29.6 Å². The molecule has 9 heteroatoms. The zero-order valence-electron chi connectivity index (χ0n) is 10.1. The van der Waals surface area contributed by atoms with Crippen molar-refractivity contribution in [2.45, 2.75) is 11.4 Å². The van der Waals surface area contributed by atoms with E-state index >= 15 is 0 Å². The van der Waals surface area contributed by atoms with Crippen LogP contribution in [0.1, 0.15) is 16.1 Å². The summed E-state index contributed by atoms with van der Waals surface area (Å²) in [6, 6.07) is 1.24. The maximum absolute atomic E-state index is 12.0. The number of carbonyl (C=O) groups is 1. The zero-order valence-corrected chi connectivity index (χ0v) is 10.9. The third-order valence-electron chi connectivity index (χ3n) is 2.56. The van der Waals surface area contributed by atoms with E-state index in [-0.39, 0.29) is 17.1 Å². The van der Waals surface area contributed by atoms with Gasteiger partial charge in [0.15, 0.2) is 0 Å². The summed E-state index contributed by atoms with van der Waals surface area (Å²) in [5, 5.41) is 6.30. The van der Waals surface area contributed by atoms with Crippen molar-refractivity contribution in [3.8, 4) is 0 Å². The molecule has 0 saturated heterocycles. The molecule has 1 amide bonds. The van der Waals surface area contributed by atoms with Crippen LogP contribution < -0.4 is 10.5 Å². The van der Waals surface area contributed by atoms with Gasteiger partial charge in [-0.2, -0.15) is 5.10 Å². The van der Waals surface area contributed by atoms with Gasteiger partial charge in [0.1, 0.15) is 10.6 Å². The Morgan fingerprint density at radius 2 is 2.32 bits per heavy atom. The predicted molar refractivity (Wildman–Crippen MR) is 66.5 cm³/mol. The van der Waals surface area contributed by atoms with Gasteiger partial charge < -0.3 is 10.3 Å². The molecule has 0 aliphatic heterocycles. The Morgan fingerprint density at radius 1 is 1.58 bits per heavy atom. The Balaban J connectivity index is 2.20. The summed E-state index contributed by atoms with van der Waals surface area (Å²) in [4.78, 5) is 11.1. The average molecular weight is 283 g/mol. The number of amides is 1. The van der Waals surface area contributed by atoms with Crippen molar-refractivity contribution in [1.82, 2.24) is 19.5 Å². The topological polar surface area (TPSA) is 123 Å². The van der Waals surface area contributed by atoms with Gasteiger partial charge in [0.05, 0.1) is 6.20 Å². The van der Waals surface area contributed by atoms with Gasteiger partial charge in [0, 0.05) is 31.5 Å². The van der Waals surface area contributed by atoms with Gasteiger partial charge in [-0.1, -0.05) is 0 Å². The number of primary amides is 1. The molecule has 2 aromatic heterocycles. The molecule has 2 aromatic rings. The van der Waals surface area contributed by atoms with Gasteiger partial charge in [-0.3, -0.25) is 9.89 Å². The monoisotopic (exact) mass is 283 g/mol. The van der Waals surface area contributed by atoms with Crippen molar-refractivity contribution in [3.63, 3.8) is 0 Å². The van der Waals surface area contributed by atoms with Crippen LogP contribution >= 0.6 is 0 Å². The molecule has 2 heterocycles. The maximum Gasteiger partial charge on any atom is 0.265 e. The molecule has 102 valence electrons. The van der Waals surface area contributed by atoms with Crippen LogP contribution in [-0.2, 0) is 23.6 Å². The molecule has 0 radical (unpaired) electrons. The van der Waals surface area contributed by atoms with Gasteiger partial charge in [-0.05, 0) is 6.07 Å². The minimum absolute atomic E-state index is 0.00713. The number of nitrogens with one attached hydrogen (secondary N) is 2. The summed E-state index contributed by atoms with van der Waals surface area (Å²) >= 11 is 0. The number of hydrogen-bond donors (Lipinski definition) is 3. The Bertz CT molecular complexity index is 687. The van der Waals surface area contributed by atoms with E-state index in [9.17, 15) is 13.2 Å². The van der Waals surface area contributed by atoms with Crippen LogP contribution in [0.4, 0.5) is 0 Å². The highest BCUT2D eigenvalue weighted by atomic mass is 32.2. The van der Waals surface area contributed by atoms with Gasteiger partial charge in [-0.25, -0.2) is 13.1 Å². The summed E-state index contributed by atoms with van der Waals surface area (Å²) in [6.45, 7) is 0.111. The van der Waals surface area contributed by atoms with E-state index in [0.29, 0.717) is 5.56 Å². The summed E-state index contributed by atoms with van der Waals surface area (Å²) in [6.07, 6.45) is 4.43. The molecule has 0 spiro atoms. The van der Waals surface area contributed by atoms with Gasteiger partial charge >= 0.3 is 0 Å². The van der Waals surface area contributed by atoms with E-state index in [0.717, 1.165) is 0 Å². The van der Waals surface area contributed by atoms with Crippen LogP contribution in [-0.4, -0.2) is 29.1 Å². The molecule has 0 aliphatic carbocycles. The van der Waals surface area contributed by atoms with Crippen LogP contribution in [0.25, 0.3) is 0 Å². The number of carbonyl (C=O) groups excluding carboxylic acids is 1. The molecule has 0 fully saturated rings. The van der Waals surface area contributed by atoms with E-state index < -0.39 is 15.9 Å². The second kappa shape index (κ2) is 4.86. The molecule has 19 heavy (non-hydrogen) atoms. The first kappa shape index (κ1) is 13.3. The highest BCUT2D eigenvalue weighted by Crippen LogP contribution is 2.13. The first-order valence-electron chi connectivity index (χ1n) is 5.33. The van der Waals surface area contributed by atoms with E-state index in [4.69, 9.17) is 5.73 Å². The molecule has 0 unspecified atom stereocenters. The lowest BCUT2D eigenvalue weighted by molar-refractivity contribution is 0.0992. The number of nitrogens with zero attached hydrogens (tertiary/aromatic N) is 2. The first-order valence-corrected chi connectivity index (χ1v) is 6.82. The Kier molecular flexibility index (Phi) is 3.40. The number of aromatic amines is 1. The van der Waals surface area contributed by atoms with Gasteiger partial charge in [0.2, 0.25) is 10.0 Å². The fraction of sp³-hybridized carbons (Fsp3) is 0.200. The molecule has 2 rings (SSSR count). The lowest BCUT2D eigenvalue weighted by atomic mass is 10.4. The van der Waals surface area contributed by atoms with E-state index in [1.54, 1.807) is 13.2 Å². The van der Waals surface area contributed by atoms with Gasteiger partial charge in [-0.15, -0.1) is 0 Å². The average Bonchev–Trinajstić information content (AvgIpc) is 2.95. The van der Waals surface area contributed by atoms with Crippen LogP contribution in [0.2, 0.25) is 0 Å². The van der Waals surface area contributed by atoms with Gasteiger partial charge in [0.25, 0.3) is 5.91 Å². The number of sulfonamides is 1. The molecule has 0 atom stereocenters. The van der Waals surface area contributed by atoms with Crippen molar-refractivity contribution in [3.05, 3.63) is 35.9 Å². The second-order valence-electron chi connectivity index (χ2n) is 3.97. The molecular formula is C10H13N5O3S. The molecule has 0 saturated carbocycles. The third kappa shape index (κ3) is 2.83. The summed E-state index contributed by atoms with van der Waals surface area (Å²) in [5.74, 6) is -0.682. The molecule has 4 N–H and O–H groups in total. The molecular weight excluding hydrogens is 270 g/mol. The summed E-state index contributed by atoms with van der Waals surface area (Å²) in [7, 11) is -2.14. The summed E-state index contributed by atoms with van der Waals surface area (Å²) < 4.78 is 27.8. The smallest absolute Gasteiger partial charge is 0.265 e. The van der Waals surface area contributed by atoms with Crippen molar-refractivity contribution in [2.24, 2.45) is 12.8 Å². The number of aromatic nitrogens is 3. The Hall–Kier alpha value is -2.13. The van der Waals surface area contributed by atoms with Crippen molar-refractivity contribution >= 4 is 15.9 Å². The molecule has 0 bridgehead atoms. The standard InChI is InChI=1S/C10H13N5O3S/c1-15-6-8(2-9(15)10(11)16)19(17,18)14-5-7-3-12-13-4-7/h2-4,6,14H,5H2,1H3,(H2,11,16)(H,12,13). The Labute approximate surface area is 109 Å². The highest BCUT2D eigenvalue weighted by Gasteiger charge is 2.19. The second-order valence-corrected chi connectivity index (χ2v) is 5.73. The summed E-state index contributed by atoms with van der Waals surface area (Å²) in [5.41, 5.74) is 5.97. The number of rotatable bonds is 5. The molecule has 0 aromatic carbocycles. The van der Waals surface area contributed by atoms with E-state index in [1.807, 2.05) is 0 Å². The lowest BCUT2D eigenvalue weighted by Gasteiger charge is -2.02. The minimum atomic E-state index is -3.69.